The fraction of sp³-hybridized carbons (Fsp3) is 0.286. The summed E-state index contributed by atoms with van der Waals surface area (Å²) in [6.07, 6.45) is -1.09. The molecule has 1 aromatic rings. The Morgan fingerprint density at radius 1 is 1.26 bits per heavy atom. The number of nitrogens with one attached hydrogen (secondary N) is 1. The van der Waals surface area contributed by atoms with E-state index in [9.17, 15) is 21.6 Å². The lowest BCUT2D eigenvalue weighted by Gasteiger charge is -2.33. The van der Waals surface area contributed by atoms with Gasteiger partial charge in [0.2, 0.25) is 10.0 Å². The van der Waals surface area contributed by atoms with Crippen molar-refractivity contribution in [2.75, 3.05) is 0 Å². The lowest BCUT2D eigenvalue weighted by molar-refractivity contribution is -0.303. The highest BCUT2D eigenvalue weighted by molar-refractivity contribution is 14.1. The van der Waals surface area contributed by atoms with Crippen LogP contribution in [0, 0.1) is 0 Å². The van der Waals surface area contributed by atoms with Crippen LogP contribution in [0.2, 0.25) is 0 Å². The monoisotopic (exact) mass is 459 g/mol. The van der Waals surface area contributed by atoms with E-state index < -0.39 is 27.7 Å². The number of halogens is 4. The molecule has 2 unspecified atom stereocenters. The Hall–Kier alpha value is -1.07. The first-order valence-electron chi connectivity index (χ1n) is 6.42. The first kappa shape index (κ1) is 18.3. The molecule has 4 nitrogen and oxygen atoms in total. The molecule has 0 aromatic heterocycles. The van der Waals surface area contributed by atoms with Crippen molar-refractivity contribution < 1.29 is 26.3 Å². The Morgan fingerprint density at radius 3 is 2.43 bits per heavy atom. The van der Waals surface area contributed by atoms with E-state index in [2.05, 4.69) is 9.46 Å². The van der Waals surface area contributed by atoms with Crippen LogP contribution < -0.4 is 4.72 Å². The molecule has 0 amide bonds. The van der Waals surface area contributed by atoms with Gasteiger partial charge < -0.3 is 4.74 Å². The van der Waals surface area contributed by atoms with Gasteiger partial charge in [0.1, 0.15) is 5.76 Å². The molecule has 0 saturated heterocycles. The number of allylic oxidation sites excluding steroid dienone is 1. The van der Waals surface area contributed by atoms with Gasteiger partial charge in [-0.25, -0.2) is 8.42 Å². The molecule has 2 atom stereocenters. The van der Waals surface area contributed by atoms with E-state index in [4.69, 9.17) is 0 Å². The second kappa shape index (κ2) is 6.44. The zero-order valence-corrected chi connectivity index (χ0v) is 14.8. The molecule has 0 saturated carbocycles. The third-order valence-corrected chi connectivity index (χ3v) is 6.40. The van der Waals surface area contributed by atoms with Crippen molar-refractivity contribution in [2.24, 2.45) is 0 Å². The Morgan fingerprint density at radius 2 is 1.87 bits per heavy atom. The van der Waals surface area contributed by atoms with Crippen molar-refractivity contribution in [3.63, 3.8) is 0 Å². The molecule has 0 aliphatic heterocycles. The van der Waals surface area contributed by atoms with Crippen LogP contribution in [-0.4, -0.2) is 24.2 Å². The molecule has 0 heterocycles. The topological polar surface area (TPSA) is 55.4 Å². The Bertz CT molecular complexity index is 731. The minimum Gasteiger partial charge on any atom is -0.406 e. The van der Waals surface area contributed by atoms with Crippen LogP contribution in [0.3, 0.4) is 0 Å². The lowest BCUT2D eigenvalue weighted by Crippen LogP contribution is -2.51. The number of benzene rings is 1. The van der Waals surface area contributed by atoms with Gasteiger partial charge in [-0.3, -0.25) is 0 Å². The van der Waals surface area contributed by atoms with E-state index in [1.165, 1.54) is 31.2 Å². The van der Waals surface area contributed by atoms with Gasteiger partial charge in [-0.2, -0.15) is 4.72 Å². The minimum atomic E-state index is -4.84. The van der Waals surface area contributed by atoms with E-state index in [0.717, 1.165) is 6.08 Å². The van der Waals surface area contributed by atoms with Gasteiger partial charge in [-0.15, -0.1) is 13.2 Å². The number of alkyl halides is 4. The summed E-state index contributed by atoms with van der Waals surface area (Å²) in [4.78, 5) is 0.0334. The first-order valence-corrected chi connectivity index (χ1v) is 9.15. The van der Waals surface area contributed by atoms with Crippen molar-refractivity contribution >= 4 is 32.6 Å². The van der Waals surface area contributed by atoms with E-state index in [1.807, 2.05) is 22.6 Å². The van der Waals surface area contributed by atoms with Gasteiger partial charge in [0, 0.05) is 0 Å². The Kier molecular flexibility index (Phi) is 5.12. The lowest BCUT2D eigenvalue weighted by atomic mass is 9.94. The molecule has 0 radical (unpaired) electrons. The molecule has 2 rings (SSSR count). The highest BCUT2D eigenvalue weighted by atomic mass is 127. The van der Waals surface area contributed by atoms with Crippen molar-refractivity contribution in [1.82, 2.24) is 4.72 Å². The molecule has 9 heteroatoms. The maximum atomic E-state index is 12.4. The molecule has 1 aliphatic rings. The van der Waals surface area contributed by atoms with Gasteiger partial charge in [-0.05, 0) is 31.2 Å². The number of rotatable bonds is 4. The average molecular weight is 459 g/mol. The zero-order valence-electron chi connectivity index (χ0n) is 11.8. The first-order chi connectivity index (χ1) is 10.5. The van der Waals surface area contributed by atoms with Crippen molar-refractivity contribution in [2.45, 2.75) is 27.6 Å². The van der Waals surface area contributed by atoms with Crippen LogP contribution in [0.25, 0.3) is 0 Å². The third kappa shape index (κ3) is 4.70. The third-order valence-electron chi connectivity index (χ3n) is 3.09. The largest absolute Gasteiger partial charge is 0.573 e. The quantitative estimate of drug-likeness (QED) is 0.554. The van der Waals surface area contributed by atoms with E-state index in [-0.39, 0.29) is 8.82 Å². The molecule has 23 heavy (non-hydrogen) atoms. The van der Waals surface area contributed by atoms with Crippen LogP contribution in [0.5, 0.6) is 0 Å². The summed E-state index contributed by atoms with van der Waals surface area (Å²) < 4.78 is 67.8. The highest BCUT2D eigenvalue weighted by Crippen LogP contribution is 2.32. The fourth-order valence-electron chi connectivity index (χ4n) is 2.03. The van der Waals surface area contributed by atoms with Gasteiger partial charge >= 0.3 is 6.36 Å². The van der Waals surface area contributed by atoms with E-state index in [1.54, 1.807) is 18.2 Å². The predicted molar refractivity (Wildman–Crippen MR) is 87.3 cm³/mol. The van der Waals surface area contributed by atoms with Crippen LogP contribution in [-0.2, 0) is 14.8 Å². The van der Waals surface area contributed by atoms with Gasteiger partial charge in [-0.1, -0.05) is 46.9 Å². The second-order valence-electron chi connectivity index (χ2n) is 5.06. The van der Waals surface area contributed by atoms with Crippen LogP contribution >= 0.6 is 22.6 Å². The van der Waals surface area contributed by atoms with Crippen molar-refractivity contribution in [3.8, 4) is 0 Å². The molecule has 0 bridgehead atoms. The number of hydrogen-bond donors (Lipinski definition) is 1. The number of sulfonamides is 1. The summed E-state index contributed by atoms with van der Waals surface area (Å²) >= 11 is 1.95. The van der Waals surface area contributed by atoms with E-state index in [0.29, 0.717) is 0 Å². The molecule has 126 valence electrons. The fourth-order valence-corrected chi connectivity index (χ4v) is 4.19. The summed E-state index contributed by atoms with van der Waals surface area (Å²) in [5.41, 5.74) is -1.26. The molecule has 0 fully saturated rings. The number of ether oxygens (including phenoxy) is 1. The van der Waals surface area contributed by atoms with Crippen LogP contribution in [0.1, 0.15) is 6.92 Å². The van der Waals surface area contributed by atoms with Gasteiger partial charge in [0.05, 0.1) is 14.4 Å². The number of hydrogen-bond acceptors (Lipinski definition) is 3. The van der Waals surface area contributed by atoms with E-state index >= 15 is 0 Å². The highest BCUT2D eigenvalue weighted by Gasteiger charge is 2.39. The molecule has 1 aliphatic carbocycles. The molecule has 1 aromatic carbocycles. The maximum Gasteiger partial charge on any atom is 0.573 e. The van der Waals surface area contributed by atoms with Crippen LogP contribution in [0.4, 0.5) is 13.2 Å². The summed E-state index contributed by atoms with van der Waals surface area (Å²) in [7, 11) is -3.89. The molecular weight excluding hydrogens is 446 g/mol. The summed E-state index contributed by atoms with van der Waals surface area (Å²) in [6, 6.07) is 7.60. The minimum absolute atomic E-state index is 0.0334. The Labute approximate surface area is 145 Å². The average Bonchev–Trinajstić information content (AvgIpc) is 2.42. The normalized spacial score (nSPS) is 25.1. The SMILES string of the molecule is CC1(NS(=O)(=O)c2ccccc2)C=C(OC(F)(F)F)C=CC1I. The summed E-state index contributed by atoms with van der Waals surface area (Å²) in [5, 5.41) is 0. The summed E-state index contributed by atoms with van der Waals surface area (Å²) in [5.74, 6) is -0.455. The maximum absolute atomic E-state index is 12.4. The van der Waals surface area contributed by atoms with Crippen LogP contribution in [0.15, 0.2) is 59.2 Å². The van der Waals surface area contributed by atoms with Gasteiger partial charge in [0.15, 0.2) is 0 Å². The predicted octanol–water partition coefficient (Wildman–Crippen LogP) is 3.52. The standard InChI is InChI=1S/C14H13F3INO3S/c1-13(19-23(20,21)11-5-3-2-4-6-11)9-10(7-8-12(13)18)22-14(15,16)17/h2-9,12,19H,1H3. The Balaban J connectivity index is 2.31. The van der Waals surface area contributed by atoms with Gasteiger partial charge in [0.25, 0.3) is 0 Å². The second-order valence-corrected chi connectivity index (χ2v) is 8.08. The molecule has 1 N–H and O–H groups in total. The van der Waals surface area contributed by atoms with Crippen molar-refractivity contribution in [1.29, 1.82) is 0 Å². The summed E-state index contributed by atoms with van der Waals surface area (Å²) in [6.45, 7) is 1.49. The van der Waals surface area contributed by atoms with Crippen molar-refractivity contribution in [3.05, 3.63) is 54.3 Å². The zero-order chi connectivity index (χ0) is 17.3. The molecule has 0 spiro atoms. The molecular formula is C14H13F3INO3S. The smallest absolute Gasteiger partial charge is 0.406 e.